The Morgan fingerprint density at radius 1 is 1.24 bits per heavy atom. The molecular weight excluding hydrogens is 210 g/mol. The molecule has 1 N–H and O–H groups in total. The van der Waals surface area contributed by atoms with Gasteiger partial charge in [-0.15, -0.1) is 13.2 Å². The van der Waals surface area contributed by atoms with E-state index in [4.69, 9.17) is 0 Å². The summed E-state index contributed by atoms with van der Waals surface area (Å²) < 4.78 is 0. The van der Waals surface area contributed by atoms with Crippen LogP contribution in [0.4, 0.5) is 0 Å². The lowest BCUT2D eigenvalue weighted by molar-refractivity contribution is 0.160. The number of hydrogen-bond acceptors (Lipinski definition) is 2. The number of aliphatic hydroxyl groups is 1. The highest BCUT2D eigenvalue weighted by molar-refractivity contribution is 5.28. The molecule has 1 fully saturated rings. The number of nitrogens with zero attached hydrogens (tertiary/aromatic N) is 1. The fourth-order valence-electron chi connectivity index (χ4n) is 2.46. The van der Waals surface area contributed by atoms with E-state index in [0.717, 1.165) is 6.54 Å². The lowest BCUT2D eigenvalue weighted by Crippen LogP contribution is -2.18. The third kappa shape index (κ3) is 2.48. The van der Waals surface area contributed by atoms with E-state index >= 15 is 0 Å². The van der Waals surface area contributed by atoms with Gasteiger partial charge in [-0.25, -0.2) is 0 Å². The zero-order chi connectivity index (χ0) is 12.3. The summed E-state index contributed by atoms with van der Waals surface area (Å²) in [7, 11) is 0. The standard InChI is InChI=1S/C15H19NO/c1-3-8-13(17)15-14(16(15)11-4-2)12-9-6-5-7-10-12/h3-7,9-10,13-15,17H,1-2,8,11H2/t13?,14-,15+,16?/m0/s1. The average Bonchev–Trinajstić information content (AvgIpc) is 3.05. The molecule has 2 nitrogen and oxygen atoms in total. The average molecular weight is 229 g/mol. The number of hydrogen-bond donors (Lipinski definition) is 1. The molecule has 1 heterocycles. The van der Waals surface area contributed by atoms with E-state index in [9.17, 15) is 5.11 Å². The van der Waals surface area contributed by atoms with Gasteiger partial charge in [0.2, 0.25) is 0 Å². The Kier molecular flexibility index (Phi) is 3.77. The SMILES string of the molecule is C=CCC(O)[C@@H]1[C@H](c2ccccc2)N1CC=C. The van der Waals surface area contributed by atoms with Crippen LogP contribution < -0.4 is 0 Å². The van der Waals surface area contributed by atoms with Gasteiger partial charge >= 0.3 is 0 Å². The molecule has 1 saturated heterocycles. The summed E-state index contributed by atoms with van der Waals surface area (Å²) in [4.78, 5) is 2.26. The van der Waals surface area contributed by atoms with Crippen molar-refractivity contribution in [3.05, 3.63) is 61.2 Å². The maximum atomic E-state index is 10.1. The molecule has 2 heteroatoms. The van der Waals surface area contributed by atoms with E-state index < -0.39 is 0 Å². The molecule has 0 amide bonds. The van der Waals surface area contributed by atoms with E-state index in [-0.39, 0.29) is 12.1 Å². The van der Waals surface area contributed by atoms with Crippen molar-refractivity contribution in [2.75, 3.05) is 6.54 Å². The molecule has 1 aromatic rings. The molecule has 0 spiro atoms. The first-order chi connectivity index (χ1) is 8.29. The van der Waals surface area contributed by atoms with Gasteiger partial charge in [0.05, 0.1) is 18.2 Å². The number of aliphatic hydroxyl groups excluding tert-OH is 1. The maximum Gasteiger partial charge on any atom is 0.0748 e. The zero-order valence-corrected chi connectivity index (χ0v) is 10.00. The monoisotopic (exact) mass is 229 g/mol. The minimum Gasteiger partial charge on any atom is -0.391 e. The molecule has 0 aromatic heterocycles. The van der Waals surface area contributed by atoms with Gasteiger partial charge in [-0.2, -0.15) is 0 Å². The second-order valence-corrected chi connectivity index (χ2v) is 4.42. The lowest BCUT2D eigenvalue weighted by atomic mass is 10.1. The first-order valence-corrected chi connectivity index (χ1v) is 6.00. The maximum absolute atomic E-state index is 10.1. The molecule has 1 aliphatic rings. The van der Waals surface area contributed by atoms with Crippen LogP contribution in [0.5, 0.6) is 0 Å². The van der Waals surface area contributed by atoms with Crippen molar-refractivity contribution >= 4 is 0 Å². The number of rotatable bonds is 6. The third-order valence-electron chi connectivity index (χ3n) is 3.26. The van der Waals surface area contributed by atoms with Crippen molar-refractivity contribution in [3.8, 4) is 0 Å². The molecule has 0 aliphatic carbocycles. The van der Waals surface area contributed by atoms with Crippen molar-refractivity contribution in [3.63, 3.8) is 0 Å². The van der Waals surface area contributed by atoms with E-state index in [1.54, 1.807) is 6.08 Å². The van der Waals surface area contributed by atoms with E-state index in [1.165, 1.54) is 5.56 Å². The summed E-state index contributed by atoms with van der Waals surface area (Å²) in [5, 5.41) is 10.1. The fraction of sp³-hybridized carbons (Fsp3) is 0.333. The van der Waals surface area contributed by atoms with E-state index in [1.807, 2.05) is 24.3 Å². The largest absolute Gasteiger partial charge is 0.391 e. The molecule has 1 aliphatic heterocycles. The lowest BCUT2D eigenvalue weighted by Gasteiger charge is -2.06. The van der Waals surface area contributed by atoms with Gasteiger partial charge in [0.15, 0.2) is 0 Å². The molecule has 1 aromatic carbocycles. The molecular formula is C15H19NO. The first kappa shape index (κ1) is 12.1. The Hall–Kier alpha value is -1.38. The van der Waals surface area contributed by atoms with Gasteiger partial charge in [0, 0.05) is 6.54 Å². The highest BCUT2D eigenvalue weighted by atomic mass is 16.3. The van der Waals surface area contributed by atoms with Crippen LogP contribution in [-0.2, 0) is 0 Å². The molecule has 4 atom stereocenters. The van der Waals surface area contributed by atoms with Gasteiger partial charge in [0.1, 0.15) is 0 Å². The van der Waals surface area contributed by atoms with E-state index in [2.05, 4.69) is 30.2 Å². The Balaban J connectivity index is 2.11. The van der Waals surface area contributed by atoms with Gasteiger partial charge in [-0.05, 0) is 12.0 Å². The van der Waals surface area contributed by atoms with Crippen molar-refractivity contribution in [1.29, 1.82) is 0 Å². The van der Waals surface area contributed by atoms with Crippen LogP contribution in [0.15, 0.2) is 55.6 Å². The third-order valence-corrected chi connectivity index (χ3v) is 3.26. The van der Waals surface area contributed by atoms with Gasteiger partial charge in [-0.1, -0.05) is 42.5 Å². The number of benzene rings is 1. The van der Waals surface area contributed by atoms with Gasteiger partial charge in [0.25, 0.3) is 0 Å². The normalized spacial score (nSPS) is 28.4. The summed E-state index contributed by atoms with van der Waals surface area (Å²) in [5.74, 6) is 0. The summed E-state index contributed by atoms with van der Waals surface area (Å²) >= 11 is 0. The van der Waals surface area contributed by atoms with Crippen LogP contribution in [0.25, 0.3) is 0 Å². The molecule has 0 bridgehead atoms. The van der Waals surface area contributed by atoms with Crippen molar-refractivity contribution in [2.24, 2.45) is 0 Å². The van der Waals surface area contributed by atoms with Gasteiger partial charge < -0.3 is 5.11 Å². The van der Waals surface area contributed by atoms with Crippen LogP contribution in [0.3, 0.4) is 0 Å². The van der Waals surface area contributed by atoms with Crippen molar-refractivity contribution in [2.45, 2.75) is 24.6 Å². The molecule has 2 unspecified atom stereocenters. The van der Waals surface area contributed by atoms with Crippen molar-refractivity contribution in [1.82, 2.24) is 4.90 Å². The zero-order valence-electron chi connectivity index (χ0n) is 10.00. The predicted octanol–water partition coefficient (Wildman–Crippen LogP) is 2.53. The predicted molar refractivity (Wildman–Crippen MR) is 70.7 cm³/mol. The van der Waals surface area contributed by atoms with Crippen LogP contribution in [0.1, 0.15) is 18.0 Å². The quantitative estimate of drug-likeness (QED) is 0.598. The molecule has 0 saturated carbocycles. The van der Waals surface area contributed by atoms with Crippen LogP contribution in [0, 0.1) is 0 Å². The Labute approximate surface area is 103 Å². The summed E-state index contributed by atoms with van der Waals surface area (Å²) in [5.41, 5.74) is 1.27. The smallest absolute Gasteiger partial charge is 0.0748 e. The highest BCUT2D eigenvalue weighted by Crippen LogP contribution is 2.45. The molecule has 90 valence electrons. The van der Waals surface area contributed by atoms with Crippen LogP contribution in [0.2, 0.25) is 0 Å². The van der Waals surface area contributed by atoms with Crippen LogP contribution in [-0.4, -0.2) is 28.7 Å². The molecule has 17 heavy (non-hydrogen) atoms. The van der Waals surface area contributed by atoms with Crippen molar-refractivity contribution < 1.29 is 5.11 Å². The summed E-state index contributed by atoms with van der Waals surface area (Å²) in [6.07, 6.45) is 3.97. The van der Waals surface area contributed by atoms with Gasteiger partial charge in [-0.3, -0.25) is 4.90 Å². The summed E-state index contributed by atoms with van der Waals surface area (Å²) in [6.45, 7) is 8.26. The second-order valence-electron chi connectivity index (χ2n) is 4.42. The first-order valence-electron chi connectivity index (χ1n) is 6.00. The molecule has 0 radical (unpaired) electrons. The minimum atomic E-state index is -0.336. The topological polar surface area (TPSA) is 23.2 Å². The second kappa shape index (κ2) is 5.30. The molecule has 2 rings (SSSR count). The minimum absolute atomic E-state index is 0.202. The van der Waals surface area contributed by atoms with E-state index in [0.29, 0.717) is 12.5 Å². The Bertz CT molecular complexity index is 387. The highest BCUT2D eigenvalue weighted by Gasteiger charge is 2.50. The Morgan fingerprint density at radius 3 is 2.53 bits per heavy atom. The van der Waals surface area contributed by atoms with Crippen LogP contribution >= 0.6 is 0 Å². The summed E-state index contributed by atoms with van der Waals surface area (Å²) in [6, 6.07) is 10.8. The fourth-order valence-corrected chi connectivity index (χ4v) is 2.46. The Morgan fingerprint density at radius 2 is 1.94 bits per heavy atom.